The Hall–Kier alpha value is -3.86. The number of benzene rings is 2. The summed E-state index contributed by atoms with van der Waals surface area (Å²) in [5.41, 5.74) is 2.66. The molecule has 2 aromatic carbocycles. The molecule has 0 fully saturated rings. The Balaban J connectivity index is 1.75. The van der Waals surface area contributed by atoms with Gasteiger partial charge in [0.1, 0.15) is 18.7 Å². The molecule has 0 spiro atoms. The normalized spacial score (nSPS) is 15.7. The molecule has 2 atom stereocenters. The molecule has 0 aliphatic carbocycles. The molecule has 0 aromatic heterocycles. The Morgan fingerprint density at radius 2 is 1.81 bits per heavy atom. The molecule has 2 N–H and O–H groups in total. The first-order valence-electron chi connectivity index (χ1n) is 10.4. The molecule has 2 amide bonds. The highest BCUT2D eigenvalue weighted by Crippen LogP contribution is 2.25. The van der Waals surface area contributed by atoms with Crippen LogP contribution in [-0.2, 0) is 33.9 Å². The van der Waals surface area contributed by atoms with Crippen LogP contribution in [0.5, 0.6) is 0 Å². The Bertz CT molecular complexity index is 1000. The Morgan fingerprint density at radius 1 is 1.12 bits per heavy atom. The summed E-state index contributed by atoms with van der Waals surface area (Å²) in [4.78, 5) is 38.9. The average Bonchev–Trinajstić information content (AvgIpc) is 2.81. The predicted octanol–water partition coefficient (Wildman–Crippen LogP) is 3.01. The quantitative estimate of drug-likeness (QED) is 0.615. The highest BCUT2D eigenvalue weighted by molar-refractivity contribution is 5.89. The number of nitriles is 1. The van der Waals surface area contributed by atoms with Crippen molar-refractivity contribution < 1.29 is 24.2 Å². The van der Waals surface area contributed by atoms with E-state index in [2.05, 4.69) is 5.32 Å². The average molecular weight is 435 g/mol. The molecule has 166 valence electrons. The highest BCUT2D eigenvalue weighted by Gasteiger charge is 2.37. The minimum Gasteiger partial charge on any atom is -0.480 e. The molecule has 1 aliphatic rings. The number of nitrogens with one attached hydrogen (secondary N) is 1. The first kappa shape index (κ1) is 22.8. The van der Waals surface area contributed by atoms with Gasteiger partial charge in [-0.25, -0.2) is 9.59 Å². The number of carbonyl (C=O) groups excluding carboxylic acids is 2. The lowest BCUT2D eigenvalue weighted by molar-refractivity contribution is -0.143. The van der Waals surface area contributed by atoms with Gasteiger partial charge in [-0.3, -0.25) is 9.69 Å². The van der Waals surface area contributed by atoms with Crippen LogP contribution in [0.1, 0.15) is 36.0 Å². The van der Waals surface area contributed by atoms with E-state index in [1.807, 2.05) is 60.7 Å². The van der Waals surface area contributed by atoms with E-state index < -0.39 is 30.1 Å². The highest BCUT2D eigenvalue weighted by atomic mass is 16.6. The molecular weight excluding hydrogens is 410 g/mol. The van der Waals surface area contributed by atoms with Crippen molar-refractivity contribution in [3.05, 3.63) is 71.3 Å². The van der Waals surface area contributed by atoms with Gasteiger partial charge in [0.15, 0.2) is 0 Å². The summed E-state index contributed by atoms with van der Waals surface area (Å²) in [5, 5.41) is 20.7. The molecular formula is C24H25N3O5. The van der Waals surface area contributed by atoms with Gasteiger partial charge in [0, 0.05) is 12.8 Å². The number of rotatable bonds is 8. The van der Waals surface area contributed by atoms with E-state index in [9.17, 15) is 19.5 Å². The van der Waals surface area contributed by atoms with E-state index in [1.54, 1.807) is 0 Å². The van der Waals surface area contributed by atoms with Crippen molar-refractivity contribution in [1.29, 1.82) is 5.26 Å². The number of aliphatic carboxylic acids is 1. The van der Waals surface area contributed by atoms with Gasteiger partial charge in [0.05, 0.1) is 12.6 Å². The molecule has 0 saturated heterocycles. The third-order valence-electron chi connectivity index (χ3n) is 5.39. The van der Waals surface area contributed by atoms with Gasteiger partial charge in [0.25, 0.3) is 0 Å². The topological polar surface area (TPSA) is 120 Å². The SMILES string of the molecule is N#CCCC[C@@H](NC(=O)[C@@H]1Cc2ccccc2CN1C(=O)OCc1ccccc1)C(=O)O. The van der Waals surface area contributed by atoms with E-state index >= 15 is 0 Å². The number of carboxylic acid groups (broad SMARTS) is 1. The maximum Gasteiger partial charge on any atom is 0.411 e. The van der Waals surface area contributed by atoms with Gasteiger partial charge in [0.2, 0.25) is 5.91 Å². The molecule has 3 rings (SSSR count). The number of amides is 2. The smallest absolute Gasteiger partial charge is 0.411 e. The van der Waals surface area contributed by atoms with Gasteiger partial charge < -0.3 is 15.2 Å². The van der Waals surface area contributed by atoms with Gasteiger partial charge in [-0.05, 0) is 29.5 Å². The second kappa shape index (κ2) is 11.0. The molecule has 8 heteroatoms. The molecule has 0 bridgehead atoms. The molecule has 1 heterocycles. The second-order valence-corrected chi connectivity index (χ2v) is 7.61. The van der Waals surface area contributed by atoms with E-state index in [0.29, 0.717) is 6.42 Å². The standard InChI is InChI=1S/C24H25N3O5/c25-13-7-6-12-20(23(29)30)26-22(28)21-14-18-10-4-5-11-19(18)15-27(21)24(31)32-16-17-8-2-1-3-9-17/h1-5,8-11,20-21H,6-7,12,14-16H2,(H,26,28)(H,29,30)/t20-,21+/m1/s1. The third-order valence-corrected chi connectivity index (χ3v) is 5.39. The Labute approximate surface area is 186 Å². The van der Waals surface area contributed by atoms with Crippen LogP contribution in [0.15, 0.2) is 54.6 Å². The van der Waals surface area contributed by atoms with Crippen LogP contribution in [0.4, 0.5) is 4.79 Å². The summed E-state index contributed by atoms with van der Waals surface area (Å²) < 4.78 is 5.45. The number of hydrogen-bond donors (Lipinski definition) is 2. The summed E-state index contributed by atoms with van der Waals surface area (Å²) in [6.07, 6.45) is 0.307. The van der Waals surface area contributed by atoms with Crippen molar-refractivity contribution >= 4 is 18.0 Å². The lowest BCUT2D eigenvalue weighted by atomic mass is 9.93. The zero-order valence-corrected chi connectivity index (χ0v) is 17.6. The second-order valence-electron chi connectivity index (χ2n) is 7.61. The minimum absolute atomic E-state index is 0.0675. The zero-order chi connectivity index (χ0) is 22.9. The van der Waals surface area contributed by atoms with Gasteiger partial charge in [-0.2, -0.15) is 5.26 Å². The van der Waals surface area contributed by atoms with Crippen LogP contribution < -0.4 is 5.32 Å². The molecule has 2 aromatic rings. The summed E-state index contributed by atoms with van der Waals surface area (Å²) >= 11 is 0. The Kier molecular flexibility index (Phi) is 7.81. The van der Waals surface area contributed by atoms with E-state index in [4.69, 9.17) is 10.00 Å². The number of hydrogen-bond acceptors (Lipinski definition) is 5. The first-order chi connectivity index (χ1) is 15.5. The fourth-order valence-electron chi connectivity index (χ4n) is 3.66. The maximum atomic E-state index is 13.1. The van der Waals surface area contributed by atoms with E-state index in [1.165, 1.54) is 4.90 Å². The van der Waals surface area contributed by atoms with E-state index in [0.717, 1.165) is 16.7 Å². The van der Waals surface area contributed by atoms with Crippen LogP contribution in [-0.4, -0.2) is 40.1 Å². The van der Waals surface area contributed by atoms with Gasteiger partial charge in [-0.1, -0.05) is 54.6 Å². The number of carbonyl (C=O) groups is 3. The van der Waals surface area contributed by atoms with Crippen molar-refractivity contribution in [2.24, 2.45) is 0 Å². The molecule has 1 aliphatic heterocycles. The van der Waals surface area contributed by atoms with Crippen LogP contribution in [0.2, 0.25) is 0 Å². The minimum atomic E-state index is -1.18. The van der Waals surface area contributed by atoms with E-state index in [-0.39, 0.29) is 32.4 Å². The predicted molar refractivity (Wildman–Crippen MR) is 115 cm³/mol. The van der Waals surface area contributed by atoms with Crippen LogP contribution in [0.25, 0.3) is 0 Å². The van der Waals surface area contributed by atoms with Crippen molar-refractivity contribution in [2.45, 2.75) is 50.9 Å². The van der Waals surface area contributed by atoms with Crippen molar-refractivity contribution in [1.82, 2.24) is 10.2 Å². The van der Waals surface area contributed by atoms with Gasteiger partial charge in [-0.15, -0.1) is 0 Å². The molecule has 8 nitrogen and oxygen atoms in total. The fourth-order valence-corrected chi connectivity index (χ4v) is 3.66. The lowest BCUT2D eigenvalue weighted by Crippen LogP contribution is -2.55. The van der Waals surface area contributed by atoms with Gasteiger partial charge >= 0.3 is 12.1 Å². The third kappa shape index (κ3) is 5.85. The fraction of sp³-hybridized carbons (Fsp3) is 0.333. The largest absolute Gasteiger partial charge is 0.480 e. The summed E-state index contributed by atoms with van der Waals surface area (Å²) in [6.45, 7) is 0.256. The van der Waals surface area contributed by atoms with Crippen LogP contribution in [0.3, 0.4) is 0 Å². The van der Waals surface area contributed by atoms with Crippen molar-refractivity contribution in [3.8, 4) is 6.07 Å². The summed E-state index contributed by atoms with van der Waals surface area (Å²) in [5.74, 6) is -1.73. The van der Waals surface area contributed by atoms with Crippen molar-refractivity contribution in [2.75, 3.05) is 0 Å². The zero-order valence-electron chi connectivity index (χ0n) is 17.6. The Morgan fingerprint density at radius 3 is 2.50 bits per heavy atom. The number of nitrogens with zero attached hydrogens (tertiary/aromatic N) is 2. The number of unbranched alkanes of at least 4 members (excludes halogenated alkanes) is 1. The molecule has 32 heavy (non-hydrogen) atoms. The number of ether oxygens (including phenoxy) is 1. The monoisotopic (exact) mass is 435 g/mol. The lowest BCUT2D eigenvalue weighted by Gasteiger charge is -2.35. The van der Waals surface area contributed by atoms with Crippen LogP contribution >= 0.6 is 0 Å². The number of fused-ring (bicyclic) bond motifs is 1. The van der Waals surface area contributed by atoms with Crippen molar-refractivity contribution in [3.63, 3.8) is 0 Å². The maximum absolute atomic E-state index is 13.1. The van der Waals surface area contributed by atoms with Crippen LogP contribution in [0, 0.1) is 11.3 Å². The summed E-state index contributed by atoms with van der Waals surface area (Å²) in [6, 6.07) is 16.7. The number of carboxylic acids is 1. The molecule has 0 unspecified atom stereocenters. The first-order valence-corrected chi connectivity index (χ1v) is 10.4. The molecule has 0 saturated carbocycles. The summed E-state index contributed by atoms with van der Waals surface area (Å²) in [7, 11) is 0. The molecule has 0 radical (unpaired) electrons.